The zero-order chi connectivity index (χ0) is 97.0. The molecule has 0 fully saturated rings. The number of nitrogens with zero attached hydrogens (tertiary/aromatic N) is 10. The van der Waals surface area contributed by atoms with E-state index in [1.54, 1.807) is 79.1 Å². The molecule has 6 aromatic carbocycles. The van der Waals surface area contributed by atoms with Crippen LogP contribution < -0.4 is 33.0 Å². The number of H-pyrrole nitrogens is 3. The number of carbonyl (C=O) groups excluding carboxylic acids is 5. The molecular formula is C101H126ClF3N16O11Zn. The van der Waals surface area contributed by atoms with Gasteiger partial charge in [-0.2, -0.15) is 0 Å². The van der Waals surface area contributed by atoms with Crippen LogP contribution in [0.5, 0.6) is 0 Å². The van der Waals surface area contributed by atoms with E-state index in [4.69, 9.17) is 42.3 Å². The van der Waals surface area contributed by atoms with Crippen molar-refractivity contribution in [2.24, 2.45) is 20.7 Å². The molecule has 9 N–H and O–H groups in total. The molecule has 9 heterocycles. The number of pyridine rings is 3. The number of carbonyl (C=O) groups is 6. The molecule has 27 nitrogen and oxygen atoms in total. The topological polar surface area (TPSA) is 351 Å². The number of imide groups is 2. The fraction of sp³-hybridized carbons (Fsp3) is 0.406. The number of hydrogen-bond donors (Lipinski definition) is 8. The predicted molar refractivity (Wildman–Crippen MR) is 519 cm³/mol. The smallest absolute Gasteiger partial charge is 0.300 e. The number of benzene rings is 6. The van der Waals surface area contributed by atoms with Gasteiger partial charge in [0.05, 0.1) is 89.5 Å². The number of likely N-dealkylation sites (N-methyl/N-ethyl adjacent to an activating group) is 3. The molecule has 6 aliphatic rings. The molecule has 0 radical (unpaired) electrons. The average Bonchev–Trinajstić information content (AvgIpc) is 1.61. The summed E-state index contributed by atoms with van der Waals surface area (Å²) in [6, 6.07) is 31.6. The Bertz CT molecular complexity index is 5990. The monoisotopic (exact) mass is 1890 g/mol. The molecule has 706 valence electrons. The SMILES string of the molecule is CC(=O)O.CCCCO.CCN(C(C)C)C(C)C.CN(C)CCN1C(=O)c2cc3c(cc2C1=O)N=C(c1c(Cl)cc[nH]c1=O)C3.Cc1ccc(F)cc1C[C@H](C)N.Cc1ccc(F)cc1C[C@H](C)Nc1cc[nH]c(=O)c1C1=Nc2cc3c(cc2C1)C(=O)N(CCN(C)C)C3.Cc1ccc(F)cc1C[C@H](C)Nc1cc[nH]c(=O)c1C1=Nc2cc3c(cc2C1)C(=O)N(CCN(C)C)C3=O.[Zn]. The number of rotatable bonds is 27. The van der Waals surface area contributed by atoms with E-state index in [1.807, 2.05) is 117 Å². The van der Waals surface area contributed by atoms with Gasteiger partial charge in [-0.15, -0.1) is 0 Å². The van der Waals surface area contributed by atoms with Gasteiger partial charge < -0.3 is 61.1 Å². The fourth-order valence-electron chi connectivity index (χ4n) is 16.2. The van der Waals surface area contributed by atoms with Crippen LogP contribution in [0.25, 0.3) is 0 Å². The molecule has 0 bridgehead atoms. The summed E-state index contributed by atoms with van der Waals surface area (Å²) in [6.07, 6.45) is 9.86. The number of carboxylic acid groups (broad SMARTS) is 1. The van der Waals surface area contributed by atoms with Gasteiger partial charge in [0, 0.05) is 152 Å². The van der Waals surface area contributed by atoms with Crippen molar-refractivity contribution in [1.29, 1.82) is 0 Å². The number of aliphatic hydroxyl groups is 1. The van der Waals surface area contributed by atoms with Gasteiger partial charge in [-0.25, -0.2) is 13.2 Å². The average molecular weight is 1900 g/mol. The maximum atomic E-state index is 13.8. The van der Waals surface area contributed by atoms with Crippen LogP contribution in [-0.2, 0) is 69.3 Å². The van der Waals surface area contributed by atoms with Crippen molar-refractivity contribution < 1.29 is 71.6 Å². The minimum absolute atomic E-state index is 0. The second-order valence-corrected chi connectivity index (χ2v) is 35.7. The molecule has 0 saturated carbocycles. The molecule has 3 atom stereocenters. The van der Waals surface area contributed by atoms with Crippen molar-refractivity contribution >= 4 is 92.7 Å². The third-order valence-electron chi connectivity index (χ3n) is 23.0. The number of aryl methyl sites for hydroxylation is 3. The molecule has 15 rings (SSSR count). The number of aromatic nitrogens is 3. The van der Waals surface area contributed by atoms with Gasteiger partial charge in [-0.1, -0.05) is 50.1 Å². The Hall–Kier alpha value is -11.5. The van der Waals surface area contributed by atoms with Gasteiger partial charge in [0.2, 0.25) is 0 Å². The second-order valence-electron chi connectivity index (χ2n) is 35.3. The van der Waals surface area contributed by atoms with E-state index in [0.29, 0.717) is 174 Å². The number of hydrogen-bond acceptors (Lipinski definition) is 20. The number of aromatic amines is 3. The van der Waals surface area contributed by atoms with Crippen LogP contribution in [-0.4, -0.2) is 237 Å². The number of aliphatic carboxylic acids is 1. The minimum Gasteiger partial charge on any atom is -0.481 e. The molecule has 0 aliphatic carbocycles. The largest absolute Gasteiger partial charge is 0.481 e. The molecule has 0 spiro atoms. The number of nitrogens with one attached hydrogen (secondary N) is 5. The molecule has 3 aromatic heterocycles. The Morgan fingerprint density at radius 2 is 0.835 bits per heavy atom. The summed E-state index contributed by atoms with van der Waals surface area (Å²) in [5.74, 6) is -2.72. The summed E-state index contributed by atoms with van der Waals surface area (Å²) in [7, 11) is 11.5. The molecule has 6 aliphatic heterocycles. The van der Waals surface area contributed by atoms with Gasteiger partial charge in [0.1, 0.15) is 17.5 Å². The number of unbranched alkanes of at least 4 members (excludes halogenated alkanes) is 1. The van der Waals surface area contributed by atoms with Crippen LogP contribution in [0.4, 0.5) is 41.6 Å². The summed E-state index contributed by atoms with van der Waals surface area (Å²) in [5, 5.41) is 22.6. The number of aliphatic hydroxyl groups excluding tert-OH is 1. The number of aliphatic imine (C=N–C) groups is 3. The predicted octanol–water partition coefficient (Wildman–Crippen LogP) is 14.6. The number of nitrogens with two attached hydrogens (primary N) is 1. The summed E-state index contributed by atoms with van der Waals surface area (Å²) in [4.78, 5) is 146. The molecule has 5 amide bonds. The zero-order valence-corrected chi connectivity index (χ0v) is 83.6. The molecule has 133 heavy (non-hydrogen) atoms. The van der Waals surface area contributed by atoms with Gasteiger partial charge in [0.25, 0.3) is 52.2 Å². The molecule has 0 saturated heterocycles. The number of fused-ring (bicyclic) bond motifs is 6. The van der Waals surface area contributed by atoms with Crippen molar-refractivity contribution in [3.8, 4) is 0 Å². The van der Waals surface area contributed by atoms with E-state index in [9.17, 15) is 51.5 Å². The van der Waals surface area contributed by atoms with Crippen LogP contribution in [0.1, 0.15) is 206 Å². The molecule has 9 aromatic rings. The number of anilines is 2. The summed E-state index contributed by atoms with van der Waals surface area (Å²) in [5.41, 5.74) is 22.8. The van der Waals surface area contributed by atoms with Crippen molar-refractivity contribution in [3.05, 3.63) is 281 Å². The fourth-order valence-corrected chi connectivity index (χ4v) is 16.4. The molecule has 32 heteroatoms. The third kappa shape index (κ3) is 28.3. The number of amides is 5. The Morgan fingerprint density at radius 3 is 1.17 bits per heavy atom. The first-order chi connectivity index (χ1) is 62.5. The molecule has 0 unspecified atom stereocenters. The number of carboxylic acids is 1. The van der Waals surface area contributed by atoms with Gasteiger partial charge in [-0.05, 0) is 290 Å². The van der Waals surface area contributed by atoms with Crippen LogP contribution in [0, 0.1) is 38.2 Å². The minimum atomic E-state index is -0.833. The maximum absolute atomic E-state index is 13.8. The van der Waals surface area contributed by atoms with Crippen molar-refractivity contribution in [2.45, 2.75) is 178 Å². The van der Waals surface area contributed by atoms with Gasteiger partial charge in [0.15, 0.2) is 0 Å². The van der Waals surface area contributed by atoms with Gasteiger partial charge >= 0.3 is 0 Å². The van der Waals surface area contributed by atoms with Crippen molar-refractivity contribution in [3.63, 3.8) is 0 Å². The first-order valence-corrected chi connectivity index (χ1v) is 45.0. The molecular weight excluding hydrogens is 1770 g/mol. The van der Waals surface area contributed by atoms with E-state index < -0.39 is 5.97 Å². The Morgan fingerprint density at radius 1 is 0.489 bits per heavy atom. The quantitative estimate of drug-likeness (QED) is 0.0175. The van der Waals surface area contributed by atoms with E-state index >= 15 is 0 Å². The van der Waals surface area contributed by atoms with Crippen molar-refractivity contribution in [1.82, 2.24) is 49.3 Å². The van der Waals surface area contributed by atoms with Crippen LogP contribution in [0.3, 0.4) is 0 Å². The van der Waals surface area contributed by atoms with E-state index in [-0.39, 0.29) is 101 Å². The summed E-state index contributed by atoms with van der Waals surface area (Å²) in [6.45, 7) is 31.5. The summed E-state index contributed by atoms with van der Waals surface area (Å²) < 4.78 is 40.3. The van der Waals surface area contributed by atoms with E-state index in [2.05, 4.69) is 81.9 Å². The maximum Gasteiger partial charge on any atom is 0.300 e. The normalized spacial score (nSPS) is 14.1. The Kier molecular flexibility index (Phi) is 39.3. The van der Waals surface area contributed by atoms with Crippen LogP contribution in [0.15, 0.2) is 157 Å². The standard InChI is InChI=1S/C29H30FN5O3.C29H32FN5O2.C19H17ClN4O3.C10H14FN.C8H19N.C4H10O.C2H4O2.Zn/c1-16-5-6-20(30)12-18(16)11-17(2)32-23-7-8-31-27(36)26(23)25-14-19-13-21-22(15-24(19)33-25)29(38)35(28(21)37)10-9-34(3)4;1-17-5-6-22(30)12-19(17)11-18(2)32-24-7-8-31-28(36)27(24)26-14-20-13-23-21(15-25(20)33-26)16-35(29(23)37)10-9-34(3)4;1-23(2)5-6-24-18(26)11-7-10-8-15(16-13(20)3-4-21-17(16)25)22-14(10)9-12(11)19(24)27;1-7-3-4-10(11)6-9(7)5-8(2)12;1-6-9(7(2)3)8(4)5;1-2-3-4-5;1-2(3)4;/h5-8,12-13,15,17H,9-11,14H2,1-4H3,(H2,31,32,36);5-8,12-13,15,18H,9-11,14,16H2,1-4H3,(H2,31,32,36);3-4,7,9H,5-6,8H2,1-2H3,(H,21,25);3-4,6,8H,5,12H2,1-2H3;7-8H,6H2,1-5H3;5H,2-4H2,1H3;1H3,(H,3,4);/t17-;18-;;8-;;;;/m00.0..../s1. The first kappa shape index (κ1) is 107. The van der Waals surface area contributed by atoms with Gasteiger partial charge in [-0.3, -0.25) is 72.8 Å². The van der Waals surface area contributed by atoms with E-state index in [1.165, 1.54) is 40.3 Å². The Labute approximate surface area is 794 Å². The first-order valence-electron chi connectivity index (χ1n) is 44.6. The second kappa shape index (κ2) is 48.9. The number of halogens is 4. The zero-order valence-electron chi connectivity index (χ0n) is 79.9. The van der Waals surface area contributed by atoms with Crippen molar-refractivity contribution in [2.75, 3.05) is 105 Å². The summed E-state index contributed by atoms with van der Waals surface area (Å²) >= 11 is 6.16. The van der Waals surface area contributed by atoms with Crippen LogP contribution >= 0.6 is 11.6 Å². The van der Waals surface area contributed by atoms with E-state index in [0.717, 1.165) is 106 Å². The Balaban J connectivity index is 0.000000213. The van der Waals surface area contributed by atoms with Crippen LogP contribution in [0.2, 0.25) is 5.02 Å². The third-order valence-corrected chi connectivity index (χ3v) is 23.3.